The van der Waals surface area contributed by atoms with Crippen molar-refractivity contribution in [3.8, 4) is 0 Å². The van der Waals surface area contributed by atoms with Crippen LogP contribution in [0.5, 0.6) is 0 Å². The number of nitrogens with zero attached hydrogens (tertiary/aromatic N) is 2. The lowest BCUT2D eigenvalue weighted by Crippen LogP contribution is -2.37. The lowest BCUT2D eigenvalue weighted by atomic mass is 10.1. The van der Waals surface area contributed by atoms with E-state index in [1.54, 1.807) is 0 Å². The molecule has 2 saturated heterocycles. The van der Waals surface area contributed by atoms with Gasteiger partial charge in [-0.25, -0.2) is 9.59 Å². The standard InChI is InChI=1S/C18H24N4O16P2S/c23-9-1-3-21(17(29)19-9)15-13(27)11(25)7(36-15)5-34-39(31,32)38-40(33,41)35-6-8-12(26)14(28)16(37-8)22-4-2-10(24)20-18(22)30/h1-4,7-8,11-16,25-28H,5-6H2,(H,31,32)(H,33,41)(H,19,23,29)(H,20,24,30)/p-2/t7-,8-,11-,12-,13-,14-,15-,16-,40?/m1/s1. The van der Waals surface area contributed by atoms with Crippen LogP contribution in [0.3, 0.4) is 0 Å². The first kappa shape index (κ1) is 31.7. The predicted molar refractivity (Wildman–Crippen MR) is 129 cm³/mol. The second kappa shape index (κ2) is 12.2. The summed E-state index contributed by atoms with van der Waals surface area (Å²) < 4.78 is 37.9. The Kier molecular flexibility index (Phi) is 9.43. The van der Waals surface area contributed by atoms with Gasteiger partial charge in [0.1, 0.15) is 43.3 Å². The number of phosphoric ester groups is 1. The van der Waals surface area contributed by atoms with Crippen molar-refractivity contribution in [3.05, 3.63) is 66.2 Å². The Morgan fingerprint density at radius 1 is 0.805 bits per heavy atom. The van der Waals surface area contributed by atoms with Gasteiger partial charge >= 0.3 is 11.4 Å². The zero-order valence-electron chi connectivity index (χ0n) is 20.2. The number of H-pyrrole nitrogens is 2. The van der Waals surface area contributed by atoms with Crippen molar-refractivity contribution in [2.45, 2.75) is 49.1 Å². The molecule has 2 unspecified atom stereocenters. The lowest BCUT2D eigenvalue weighted by molar-refractivity contribution is -0.237. The summed E-state index contributed by atoms with van der Waals surface area (Å²) >= 11 is 4.53. The number of hydrogen-bond donors (Lipinski definition) is 6. The number of rotatable bonds is 10. The highest BCUT2D eigenvalue weighted by molar-refractivity contribution is 8.07. The molecule has 4 rings (SSSR count). The molecule has 2 fully saturated rings. The maximum Gasteiger partial charge on any atom is 0.330 e. The monoisotopic (exact) mass is 644 g/mol. The number of nitrogens with one attached hydrogen (secondary N) is 2. The first-order valence-corrected chi connectivity index (χ1v) is 15.4. The molecule has 2 aliphatic heterocycles. The van der Waals surface area contributed by atoms with Crippen molar-refractivity contribution in [3.63, 3.8) is 0 Å². The smallest absolute Gasteiger partial charge is 0.330 e. The topological polar surface area (TPSA) is 300 Å². The van der Waals surface area contributed by atoms with Gasteiger partial charge in [0.25, 0.3) is 18.9 Å². The first-order valence-electron chi connectivity index (χ1n) is 11.4. The van der Waals surface area contributed by atoms with Gasteiger partial charge in [-0.15, -0.1) is 0 Å². The van der Waals surface area contributed by atoms with Gasteiger partial charge in [0, 0.05) is 24.5 Å². The number of aromatic nitrogens is 4. The second-order valence-electron chi connectivity index (χ2n) is 8.69. The van der Waals surface area contributed by atoms with Gasteiger partial charge < -0.3 is 48.7 Å². The molecule has 0 radical (unpaired) electrons. The Morgan fingerprint density at radius 3 is 1.63 bits per heavy atom. The summed E-state index contributed by atoms with van der Waals surface area (Å²) in [5.74, 6) is 0. The number of ether oxygens (including phenoxy) is 2. The summed E-state index contributed by atoms with van der Waals surface area (Å²) in [4.78, 5) is 74.9. The van der Waals surface area contributed by atoms with Gasteiger partial charge in [-0.3, -0.25) is 37.6 Å². The molecule has 23 heteroatoms. The summed E-state index contributed by atoms with van der Waals surface area (Å²) in [7, 11) is -5.54. The molecule has 41 heavy (non-hydrogen) atoms. The van der Waals surface area contributed by atoms with E-state index in [0.717, 1.165) is 33.7 Å². The van der Waals surface area contributed by atoms with Crippen LogP contribution in [-0.2, 0) is 39.2 Å². The van der Waals surface area contributed by atoms with Gasteiger partial charge in [0.15, 0.2) is 12.5 Å². The number of aromatic amines is 2. The highest BCUT2D eigenvalue weighted by Crippen LogP contribution is 2.56. The highest BCUT2D eigenvalue weighted by atomic mass is 32.5. The summed E-state index contributed by atoms with van der Waals surface area (Å²) in [6.07, 6.45) is -11.1. The summed E-state index contributed by atoms with van der Waals surface area (Å²) in [5.41, 5.74) is -3.44. The van der Waals surface area contributed by atoms with Crippen molar-refractivity contribution >= 4 is 26.3 Å². The van der Waals surface area contributed by atoms with Gasteiger partial charge in [0.2, 0.25) is 0 Å². The normalized spacial score (nSPS) is 32.9. The van der Waals surface area contributed by atoms with Crippen LogP contribution in [0.1, 0.15) is 12.5 Å². The van der Waals surface area contributed by atoms with Crippen molar-refractivity contribution in [1.82, 2.24) is 19.1 Å². The van der Waals surface area contributed by atoms with Crippen LogP contribution in [0.15, 0.2) is 43.7 Å². The Bertz CT molecular complexity index is 1480. The van der Waals surface area contributed by atoms with Crippen molar-refractivity contribution in [1.29, 1.82) is 0 Å². The van der Waals surface area contributed by atoms with Gasteiger partial charge in [-0.2, -0.15) is 0 Å². The molecule has 2 aromatic heterocycles. The van der Waals surface area contributed by atoms with Crippen LogP contribution in [0, 0.1) is 0 Å². The van der Waals surface area contributed by atoms with E-state index in [1.165, 1.54) is 0 Å². The van der Waals surface area contributed by atoms with E-state index in [0.29, 0.717) is 0 Å². The third kappa shape index (κ3) is 7.24. The minimum absolute atomic E-state index is 0.734. The maximum atomic E-state index is 12.5. The molecule has 0 amide bonds. The Labute approximate surface area is 231 Å². The molecule has 6 N–H and O–H groups in total. The second-order valence-corrected chi connectivity index (χ2v) is 13.0. The Morgan fingerprint density at radius 2 is 1.22 bits per heavy atom. The fourth-order valence-electron chi connectivity index (χ4n) is 3.95. The molecule has 0 aromatic carbocycles. The largest absolute Gasteiger partial charge is 0.779 e. The van der Waals surface area contributed by atoms with Crippen LogP contribution < -0.4 is 32.3 Å². The molecule has 4 heterocycles. The molecular weight excluding hydrogens is 622 g/mol. The third-order valence-electron chi connectivity index (χ3n) is 5.92. The zero-order chi connectivity index (χ0) is 30.3. The van der Waals surface area contributed by atoms with Gasteiger partial charge in [-0.1, -0.05) is 11.8 Å². The van der Waals surface area contributed by atoms with E-state index < -0.39 is 99.3 Å². The zero-order valence-corrected chi connectivity index (χ0v) is 22.8. The van der Waals surface area contributed by atoms with Crippen LogP contribution in [0.25, 0.3) is 0 Å². The molecule has 228 valence electrons. The van der Waals surface area contributed by atoms with Crippen LogP contribution in [-0.4, -0.2) is 89.4 Å². The van der Waals surface area contributed by atoms with E-state index in [4.69, 9.17) is 14.0 Å². The Hall–Kier alpha value is -2.20. The molecule has 0 spiro atoms. The van der Waals surface area contributed by atoms with Gasteiger partial charge in [-0.05, 0) is 0 Å². The molecule has 2 aromatic rings. The van der Waals surface area contributed by atoms with Crippen molar-refractivity contribution < 1.29 is 57.6 Å². The van der Waals surface area contributed by atoms with Crippen LogP contribution in [0.4, 0.5) is 0 Å². The first-order chi connectivity index (χ1) is 19.1. The number of hydrogen-bond acceptors (Lipinski definition) is 17. The maximum absolute atomic E-state index is 12.5. The Balaban J connectivity index is 1.33. The summed E-state index contributed by atoms with van der Waals surface area (Å²) in [5, 5.41) is 40.8. The number of aliphatic hydroxyl groups is 4. The minimum atomic E-state index is -5.54. The quantitative estimate of drug-likeness (QED) is 0.131. The van der Waals surface area contributed by atoms with Crippen LogP contribution in [0.2, 0.25) is 0 Å². The van der Waals surface area contributed by atoms with Crippen molar-refractivity contribution in [2.75, 3.05) is 13.2 Å². The van der Waals surface area contributed by atoms with E-state index in [2.05, 4.69) is 20.6 Å². The fraction of sp³-hybridized carbons (Fsp3) is 0.556. The number of aliphatic hydroxyl groups excluding tert-OH is 4. The van der Waals surface area contributed by atoms with E-state index in [-0.39, 0.29) is 0 Å². The molecule has 2 aliphatic rings. The molecule has 0 saturated carbocycles. The third-order valence-corrected chi connectivity index (χ3v) is 9.37. The van der Waals surface area contributed by atoms with Gasteiger partial charge in [0.05, 0.1) is 13.2 Å². The SMILES string of the molecule is O=c1ccn([C@@H]2O[C@H](COP(=O)([O-])OP([O-])(=S)OC[C@H]3O[C@@H](n4ccc(=O)[nH]c4=O)[C@H](O)[C@@H]3O)[C@@H](O)[C@H]2O)c(=O)[nH]1. The molecule has 20 nitrogen and oxygen atoms in total. The summed E-state index contributed by atoms with van der Waals surface area (Å²) in [6, 6.07) is 1.89. The summed E-state index contributed by atoms with van der Waals surface area (Å²) in [6.45, 7) is -6.81. The lowest BCUT2D eigenvalue weighted by Gasteiger charge is -2.35. The van der Waals surface area contributed by atoms with Crippen LogP contribution >= 0.6 is 14.5 Å². The predicted octanol–water partition coefficient (Wildman–Crippen LogP) is -5.57. The van der Waals surface area contributed by atoms with E-state index in [9.17, 15) is 54.0 Å². The fourth-order valence-corrected chi connectivity index (χ4v) is 6.88. The minimum Gasteiger partial charge on any atom is -0.779 e. The average molecular weight is 644 g/mol. The molecule has 0 bridgehead atoms. The average Bonchev–Trinajstić information content (AvgIpc) is 3.31. The van der Waals surface area contributed by atoms with Crippen molar-refractivity contribution in [2.24, 2.45) is 0 Å². The molecular formula is C18H22N4O16P2S-2. The molecule has 10 atom stereocenters. The highest BCUT2D eigenvalue weighted by Gasteiger charge is 2.46. The number of phosphoric acid groups is 1. The molecule has 0 aliphatic carbocycles. The van der Waals surface area contributed by atoms with E-state index >= 15 is 0 Å². The van der Waals surface area contributed by atoms with E-state index in [1.807, 2.05) is 9.97 Å².